The Balaban J connectivity index is 2.04. The number of benzene rings is 1. The summed E-state index contributed by atoms with van der Waals surface area (Å²) in [6.07, 6.45) is 3.60. The number of hydrogen-bond acceptors (Lipinski definition) is 2. The summed E-state index contributed by atoms with van der Waals surface area (Å²) < 4.78 is 5.61. The summed E-state index contributed by atoms with van der Waals surface area (Å²) in [4.78, 5) is 0. The lowest BCUT2D eigenvalue weighted by atomic mass is 9.88. The number of hydrogen-bond donors (Lipinski definition) is 1. The van der Waals surface area contributed by atoms with Crippen molar-refractivity contribution in [2.75, 3.05) is 20.3 Å². The molecule has 1 aromatic carbocycles. The van der Waals surface area contributed by atoms with E-state index in [2.05, 4.69) is 44.4 Å². The second kappa shape index (κ2) is 6.35. The van der Waals surface area contributed by atoms with Crippen molar-refractivity contribution in [2.45, 2.75) is 39.2 Å². The van der Waals surface area contributed by atoms with Gasteiger partial charge in [-0.2, -0.15) is 0 Å². The zero-order valence-corrected chi connectivity index (χ0v) is 11.8. The fourth-order valence-electron chi connectivity index (χ4n) is 3.03. The van der Waals surface area contributed by atoms with Crippen molar-refractivity contribution in [2.24, 2.45) is 5.92 Å². The van der Waals surface area contributed by atoms with Crippen LogP contribution in [0.15, 0.2) is 18.2 Å². The molecule has 1 fully saturated rings. The Morgan fingerprint density at radius 3 is 2.56 bits per heavy atom. The third kappa shape index (κ3) is 3.56. The van der Waals surface area contributed by atoms with E-state index in [0.29, 0.717) is 12.0 Å². The van der Waals surface area contributed by atoms with Gasteiger partial charge in [-0.05, 0) is 51.6 Å². The Morgan fingerprint density at radius 1 is 1.28 bits per heavy atom. The van der Waals surface area contributed by atoms with E-state index < -0.39 is 0 Å². The van der Waals surface area contributed by atoms with Crippen LogP contribution >= 0.6 is 0 Å². The minimum absolute atomic E-state index is 0.534. The first-order valence-electron chi connectivity index (χ1n) is 7.01. The molecule has 2 heteroatoms. The molecule has 1 N–H and O–H groups in total. The summed E-state index contributed by atoms with van der Waals surface area (Å²) in [5, 5.41) is 3.48. The highest BCUT2D eigenvalue weighted by atomic mass is 16.5. The predicted octanol–water partition coefficient (Wildman–Crippen LogP) is 2.86. The van der Waals surface area contributed by atoms with Gasteiger partial charge < -0.3 is 10.1 Å². The maximum Gasteiger partial charge on any atom is 0.0509 e. The molecule has 100 valence electrons. The predicted molar refractivity (Wildman–Crippen MR) is 76.0 cm³/mol. The first-order valence-corrected chi connectivity index (χ1v) is 7.01. The Kier molecular flexibility index (Phi) is 4.79. The Morgan fingerprint density at radius 2 is 2.00 bits per heavy atom. The maximum atomic E-state index is 5.61. The average Bonchev–Trinajstić information content (AvgIpc) is 2.36. The molecule has 2 unspecified atom stereocenters. The molecule has 1 heterocycles. The van der Waals surface area contributed by atoms with Gasteiger partial charge in [0, 0.05) is 12.6 Å². The average molecular weight is 247 g/mol. The van der Waals surface area contributed by atoms with Gasteiger partial charge in [-0.25, -0.2) is 0 Å². The largest absolute Gasteiger partial charge is 0.381 e. The normalized spacial score (nSPS) is 21.8. The van der Waals surface area contributed by atoms with Gasteiger partial charge in [0.2, 0.25) is 0 Å². The van der Waals surface area contributed by atoms with Crippen LogP contribution in [0.4, 0.5) is 0 Å². The summed E-state index contributed by atoms with van der Waals surface area (Å²) in [5.41, 5.74) is 4.16. The molecule has 1 aliphatic rings. The van der Waals surface area contributed by atoms with Crippen LogP contribution in [0.2, 0.25) is 0 Å². The molecule has 2 nitrogen and oxygen atoms in total. The monoisotopic (exact) mass is 247 g/mol. The summed E-state index contributed by atoms with van der Waals surface area (Å²) in [7, 11) is 2.07. The van der Waals surface area contributed by atoms with Gasteiger partial charge in [-0.1, -0.05) is 29.3 Å². The van der Waals surface area contributed by atoms with Crippen molar-refractivity contribution in [1.29, 1.82) is 0 Å². The fourth-order valence-corrected chi connectivity index (χ4v) is 3.03. The summed E-state index contributed by atoms with van der Waals surface area (Å²) in [5.74, 6) is 0.657. The highest BCUT2D eigenvalue weighted by Gasteiger charge is 2.23. The minimum atomic E-state index is 0.534. The standard InChI is InChI=1S/C16H25NO/c1-12-7-13(2)9-14(8-12)10-16(17-3)15-5-4-6-18-11-15/h7-9,15-17H,4-6,10-11H2,1-3H3. The summed E-state index contributed by atoms with van der Waals surface area (Å²) in [6.45, 7) is 6.20. The molecule has 0 aliphatic carbocycles. The molecule has 2 rings (SSSR count). The van der Waals surface area contributed by atoms with Crippen molar-refractivity contribution in [1.82, 2.24) is 5.32 Å². The van der Waals surface area contributed by atoms with Gasteiger partial charge in [0.05, 0.1) is 6.61 Å². The van der Waals surface area contributed by atoms with Crippen LogP contribution in [-0.2, 0) is 11.2 Å². The molecule has 1 aliphatic heterocycles. The molecule has 2 atom stereocenters. The second-order valence-corrected chi connectivity index (χ2v) is 5.57. The Bertz CT molecular complexity index is 362. The van der Waals surface area contributed by atoms with E-state index in [1.54, 1.807) is 0 Å². The van der Waals surface area contributed by atoms with E-state index in [4.69, 9.17) is 4.74 Å². The number of ether oxygens (including phenoxy) is 1. The topological polar surface area (TPSA) is 21.3 Å². The van der Waals surface area contributed by atoms with Crippen molar-refractivity contribution in [3.8, 4) is 0 Å². The van der Waals surface area contributed by atoms with Crippen molar-refractivity contribution in [3.63, 3.8) is 0 Å². The van der Waals surface area contributed by atoms with Crippen LogP contribution in [0.3, 0.4) is 0 Å². The number of nitrogens with one attached hydrogen (secondary N) is 1. The first kappa shape index (κ1) is 13.6. The van der Waals surface area contributed by atoms with Crippen LogP contribution in [0.25, 0.3) is 0 Å². The van der Waals surface area contributed by atoms with Gasteiger partial charge >= 0.3 is 0 Å². The molecule has 1 aromatic rings. The highest BCUT2D eigenvalue weighted by Crippen LogP contribution is 2.21. The number of rotatable bonds is 4. The van der Waals surface area contributed by atoms with Crippen LogP contribution in [-0.4, -0.2) is 26.3 Å². The molecule has 18 heavy (non-hydrogen) atoms. The minimum Gasteiger partial charge on any atom is -0.381 e. The maximum absolute atomic E-state index is 5.61. The van der Waals surface area contributed by atoms with Gasteiger partial charge in [0.15, 0.2) is 0 Å². The first-order chi connectivity index (χ1) is 8.69. The molecule has 0 saturated carbocycles. The van der Waals surface area contributed by atoms with E-state index in [0.717, 1.165) is 19.6 Å². The van der Waals surface area contributed by atoms with Gasteiger partial charge in [0.25, 0.3) is 0 Å². The zero-order valence-electron chi connectivity index (χ0n) is 11.8. The van der Waals surface area contributed by atoms with Crippen LogP contribution in [0, 0.1) is 19.8 Å². The zero-order chi connectivity index (χ0) is 13.0. The molecule has 0 amide bonds. The number of likely N-dealkylation sites (N-methyl/N-ethyl adjacent to an activating group) is 1. The molecular formula is C16H25NO. The lowest BCUT2D eigenvalue weighted by Crippen LogP contribution is -2.39. The Labute approximate surface area is 111 Å². The third-order valence-electron chi connectivity index (χ3n) is 3.87. The SMILES string of the molecule is CNC(Cc1cc(C)cc(C)c1)C1CCCOC1. The lowest BCUT2D eigenvalue weighted by molar-refractivity contribution is 0.0405. The molecular weight excluding hydrogens is 222 g/mol. The molecule has 0 bridgehead atoms. The van der Waals surface area contributed by atoms with Crippen molar-refractivity contribution < 1.29 is 4.74 Å². The number of aryl methyl sites for hydroxylation is 2. The van der Waals surface area contributed by atoms with Crippen LogP contribution < -0.4 is 5.32 Å². The van der Waals surface area contributed by atoms with Crippen LogP contribution in [0.1, 0.15) is 29.5 Å². The summed E-state index contributed by atoms with van der Waals surface area (Å²) >= 11 is 0. The van der Waals surface area contributed by atoms with Gasteiger partial charge in [-0.3, -0.25) is 0 Å². The summed E-state index contributed by atoms with van der Waals surface area (Å²) in [6, 6.07) is 7.38. The van der Waals surface area contributed by atoms with Gasteiger partial charge in [-0.15, -0.1) is 0 Å². The van der Waals surface area contributed by atoms with E-state index >= 15 is 0 Å². The van der Waals surface area contributed by atoms with Crippen molar-refractivity contribution >= 4 is 0 Å². The highest BCUT2D eigenvalue weighted by molar-refractivity contribution is 5.29. The lowest BCUT2D eigenvalue weighted by Gasteiger charge is -2.30. The van der Waals surface area contributed by atoms with E-state index in [-0.39, 0.29) is 0 Å². The van der Waals surface area contributed by atoms with E-state index in [9.17, 15) is 0 Å². The molecule has 1 saturated heterocycles. The van der Waals surface area contributed by atoms with Gasteiger partial charge in [0.1, 0.15) is 0 Å². The molecule has 0 aromatic heterocycles. The van der Waals surface area contributed by atoms with Crippen molar-refractivity contribution in [3.05, 3.63) is 34.9 Å². The quantitative estimate of drug-likeness (QED) is 0.883. The van der Waals surface area contributed by atoms with E-state index in [1.165, 1.54) is 29.5 Å². The second-order valence-electron chi connectivity index (χ2n) is 5.57. The smallest absolute Gasteiger partial charge is 0.0509 e. The molecule has 0 radical (unpaired) electrons. The molecule has 0 spiro atoms. The van der Waals surface area contributed by atoms with E-state index in [1.807, 2.05) is 0 Å². The Hall–Kier alpha value is -0.860. The fraction of sp³-hybridized carbons (Fsp3) is 0.625. The van der Waals surface area contributed by atoms with Crippen LogP contribution in [0.5, 0.6) is 0 Å². The third-order valence-corrected chi connectivity index (χ3v) is 3.87.